The van der Waals surface area contributed by atoms with Gasteiger partial charge in [-0.2, -0.15) is 0 Å². The van der Waals surface area contributed by atoms with Gasteiger partial charge >= 0.3 is 0 Å². The Balaban J connectivity index is 1.72. The molecule has 1 amide bonds. The lowest BCUT2D eigenvalue weighted by atomic mass is 9.95. The number of para-hydroxylation sites is 2. The van der Waals surface area contributed by atoms with Gasteiger partial charge in [0.05, 0.1) is 21.6 Å². The number of aryl methyl sites for hydroxylation is 1. The molecule has 9 heteroatoms. The van der Waals surface area contributed by atoms with Crippen molar-refractivity contribution in [1.82, 2.24) is 9.97 Å². The first-order chi connectivity index (χ1) is 15.4. The fourth-order valence-electron chi connectivity index (χ4n) is 3.82. The summed E-state index contributed by atoms with van der Waals surface area (Å²) in [4.78, 5) is 34.8. The van der Waals surface area contributed by atoms with E-state index in [0.29, 0.717) is 16.8 Å². The Morgan fingerprint density at radius 2 is 1.97 bits per heavy atom. The molecule has 0 radical (unpaired) electrons. The van der Waals surface area contributed by atoms with Crippen LogP contribution in [-0.4, -0.2) is 26.8 Å². The Labute approximate surface area is 185 Å². The van der Waals surface area contributed by atoms with Crippen molar-refractivity contribution in [2.75, 3.05) is 4.90 Å². The van der Waals surface area contributed by atoms with Crippen molar-refractivity contribution >= 4 is 40.3 Å². The molecule has 1 aliphatic rings. The molecule has 32 heavy (non-hydrogen) atoms. The van der Waals surface area contributed by atoms with E-state index in [1.807, 2.05) is 0 Å². The van der Waals surface area contributed by atoms with Crippen LogP contribution in [0, 0.1) is 12.7 Å². The Morgan fingerprint density at radius 1 is 1.19 bits per heavy atom. The lowest BCUT2D eigenvalue weighted by molar-refractivity contribution is -0.117. The largest absolute Gasteiger partial charge is 0.503 e. The van der Waals surface area contributed by atoms with Crippen LogP contribution in [0.4, 0.5) is 10.3 Å². The van der Waals surface area contributed by atoms with Gasteiger partial charge in [0.15, 0.2) is 11.5 Å². The molecule has 1 atom stereocenters. The number of nitrogens with zero attached hydrogens (tertiary/aromatic N) is 2. The molecule has 2 N–H and O–H groups in total. The molecule has 0 aliphatic carbocycles. The van der Waals surface area contributed by atoms with Crippen molar-refractivity contribution in [2.45, 2.75) is 13.0 Å². The normalized spacial score (nSPS) is 16.4. The fraction of sp³-hybridized carbons (Fsp3) is 0.0870. The SMILES string of the molecule is Cc1ccc(C(=O)C2=C(O)C(=O)N(c3nc4ccccc4[nH]3)[C@H]2c2cccc(Cl)c2F)o1. The van der Waals surface area contributed by atoms with Crippen LogP contribution in [0.5, 0.6) is 0 Å². The number of furan rings is 1. The number of rotatable bonds is 4. The minimum atomic E-state index is -1.32. The number of hydrogen-bond acceptors (Lipinski definition) is 5. The number of hydrogen-bond donors (Lipinski definition) is 2. The first-order valence-electron chi connectivity index (χ1n) is 9.63. The van der Waals surface area contributed by atoms with E-state index < -0.39 is 29.3 Å². The maximum Gasteiger partial charge on any atom is 0.296 e. The number of fused-ring (bicyclic) bond motifs is 1. The average molecular weight is 452 g/mol. The Bertz CT molecular complexity index is 1410. The summed E-state index contributed by atoms with van der Waals surface area (Å²) < 4.78 is 20.5. The number of amides is 1. The number of carbonyl (C=O) groups is 2. The molecule has 7 nitrogen and oxygen atoms in total. The number of aromatic amines is 1. The van der Waals surface area contributed by atoms with Crippen LogP contribution in [0.2, 0.25) is 5.02 Å². The van der Waals surface area contributed by atoms with Crippen LogP contribution in [-0.2, 0) is 4.79 Å². The zero-order chi connectivity index (χ0) is 22.6. The van der Waals surface area contributed by atoms with E-state index in [1.165, 1.54) is 24.3 Å². The number of aliphatic hydroxyl groups is 1. The number of nitrogens with one attached hydrogen (secondary N) is 1. The van der Waals surface area contributed by atoms with Gasteiger partial charge < -0.3 is 14.5 Å². The highest BCUT2D eigenvalue weighted by molar-refractivity contribution is 6.30. The van der Waals surface area contributed by atoms with Crippen LogP contribution < -0.4 is 4.90 Å². The highest BCUT2D eigenvalue weighted by atomic mass is 35.5. The number of anilines is 1. The molecular formula is C23H15ClFN3O4. The van der Waals surface area contributed by atoms with Gasteiger partial charge in [0.1, 0.15) is 17.6 Å². The minimum absolute atomic E-state index is 0.0468. The zero-order valence-corrected chi connectivity index (χ0v) is 17.4. The maximum atomic E-state index is 15.1. The summed E-state index contributed by atoms with van der Waals surface area (Å²) in [7, 11) is 0. The van der Waals surface area contributed by atoms with Crippen molar-refractivity contribution in [1.29, 1.82) is 0 Å². The summed E-state index contributed by atoms with van der Waals surface area (Å²) in [5.74, 6) is -2.84. The molecule has 1 aliphatic heterocycles. The van der Waals surface area contributed by atoms with Gasteiger partial charge in [-0.1, -0.05) is 35.9 Å². The van der Waals surface area contributed by atoms with Crippen molar-refractivity contribution in [3.05, 3.63) is 93.9 Å². The molecule has 0 saturated carbocycles. The number of benzene rings is 2. The van der Waals surface area contributed by atoms with Crippen LogP contribution in [0.25, 0.3) is 11.0 Å². The van der Waals surface area contributed by atoms with Crippen molar-refractivity contribution in [3.63, 3.8) is 0 Å². The number of H-pyrrole nitrogens is 1. The molecule has 2 aromatic heterocycles. The molecule has 0 unspecified atom stereocenters. The van der Waals surface area contributed by atoms with E-state index in [9.17, 15) is 14.7 Å². The van der Waals surface area contributed by atoms with Crippen molar-refractivity contribution < 1.29 is 23.5 Å². The van der Waals surface area contributed by atoms with Gasteiger partial charge in [-0.15, -0.1) is 0 Å². The number of aliphatic hydroxyl groups excluding tert-OH is 1. The summed E-state index contributed by atoms with van der Waals surface area (Å²) in [5, 5.41) is 10.5. The molecule has 0 saturated heterocycles. The fourth-order valence-corrected chi connectivity index (χ4v) is 4.01. The van der Waals surface area contributed by atoms with E-state index in [-0.39, 0.29) is 27.9 Å². The standard InChI is InChI=1S/C23H15ClFN3O4/c1-11-9-10-16(32-11)20(29)17-19(12-5-4-6-13(24)18(12)25)28(22(31)21(17)30)23-26-14-7-2-3-8-15(14)27-23/h2-10,19,30H,1H3,(H,26,27)/t19-/m0/s1. The summed E-state index contributed by atoms with van der Waals surface area (Å²) in [6.07, 6.45) is 0. The predicted octanol–water partition coefficient (Wildman–Crippen LogP) is 5.04. The van der Waals surface area contributed by atoms with Gasteiger partial charge in [0.2, 0.25) is 11.7 Å². The molecule has 5 rings (SSSR count). The molecule has 3 heterocycles. The van der Waals surface area contributed by atoms with Crippen molar-refractivity contribution in [2.24, 2.45) is 0 Å². The van der Waals surface area contributed by atoms with E-state index in [0.717, 1.165) is 4.90 Å². The van der Waals surface area contributed by atoms with E-state index >= 15 is 4.39 Å². The third-order valence-corrected chi connectivity index (χ3v) is 5.59. The predicted molar refractivity (Wildman–Crippen MR) is 115 cm³/mol. The number of ketones is 1. The second-order valence-corrected chi connectivity index (χ2v) is 7.71. The molecule has 0 spiro atoms. The smallest absolute Gasteiger partial charge is 0.296 e. The van der Waals surface area contributed by atoms with E-state index in [4.69, 9.17) is 16.0 Å². The van der Waals surface area contributed by atoms with Crippen LogP contribution >= 0.6 is 11.6 Å². The maximum absolute atomic E-state index is 15.1. The Morgan fingerprint density at radius 3 is 2.69 bits per heavy atom. The zero-order valence-electron chi connectivity index (χ0n) is 16.6. The highest BCUT2D eigenvalue weighted by Crippen LogP contribution is 2.43. The lowest BCUT2D eigenvalue weighted by Gasteiger charge is -2.24. The molecule has 0 fully saturated rings. The number of aromatic nitrogens is 2. The third kappa shape index (κ3) is 2.99. The van der Waals surface area contributed by atoms with Gasteiger partial charge in [0, 0.05) is 5.56 Å². The number of Topliss-reactive ketones (excluding diaryl/α,β-unsaturated/α-hetero) is 1. The second-order valence-electron chi connectivity index (χ2n) is 7.30. The van der Waals surface area contributed by atoms with Gasteiger partial charge in [-0.05, 0) is 37.3 Å². The molecule has 2 aromatic carbocycles. The van der Waals surface area contributed by atoms with Gasteiger partial charge in [0.25, 0.3) is 5.91 Å². The topological polar surface area (TPSA) is 99.4 Å². The molecule has 4 aromatic rings. The number of carbonyl (C=O) groups excluding carboxylic acids is 2. The number of imidazole rings is 1. The Hall–Kier alpha value is -3.91. The molecule has 160 valence electrons. The van der Waals surface area contributed by atoms with Crippen LogP contribution in [0.1, 0.15) is 27.9 Å². The summed E-state index contributed by atoms with van der Waals surface area (Å²) in [5.41, 5.74) is 0.788. The first kappa shape index (κ1) is 20.0. The van der Waals surface area contributed by atoms with Crippen LogP contribution in [0.15, 0.2) is 70.3 Å². The Kier molecular flexibility index (Phi) is 4.60. The quantitative estimate of drug-likeness (QED) is 0.423. The van der Waals surface area contributed by atoms with Gasteiger partial charge in [-0.25, -0.2) is 9.37 Å². The monoisotopic (exact) mass is 451 g/mol. The molecular weight excluding hydrogens is 437 g/mol. The summed E-state index contributed by atoms with van der Waals surface area (Å²) in [6.45, 7) is 1.65. The third-order valence-electron chi connectivity index (χ3n) is 5.30. The lowest BCUT2D eigenvalue weighted by Crippen LogP contribution is -2.32. The average Bonchev–Trinajstić information content (AvgIpc) is 3.46. The van der Waals surface area contributed by atoms with Crippen molar-refractivity contribution in [3.8, 4) is 0 Å². The van der Waals surface area contributed by atoms with E-state index in [2.05, 4.69) is 9.97 Å². The minimum Gasteiger partial charge on any atom is -0.503 e. The highest BCUT2D eigenvalue weighted by Gasteiger charge is 2.47. The molecule has 0 bridgehead atoms. The van der Waals surface area contributed by atoms with E-state index in [1.54, 1.807) is 37.3 Å². The second kappa shape index (κ2) is 7.35. The van der Waals surface area contributed by atoms with Crippen LogP contribution in [0.3, 0.4) is 0 Å². The number of halogens is 2. The first-order valence-corrected chi connectivity index (χ1v) is 10.0. The summed E-state index contributed by atoms with van der Waals surface area (Å²) >= 11 is 5.99. The van der Waals surface area contributed by atoms with Gasteiger partial charge in [-0.3, -0.25) is 14.5 Å². The summed E-state index contributed by atoms with van der Waals surface area (Å²) in [6, 6.07) is 13.0.